The van der Waals surface area contributed by atoms with E-state index >= 15 is 0 Å². The number of hydrogen-bond acceptors (Lipinski definition) is 8. The number of sulfonamides is 1. The number of hydrogen-bond donors (Lipinski definition) is 4. The van der Waals surface area contributed by atoms with E-state index in [1.807, 2.05) is 54.6 Å². The van der Waals surface area contributed by atoms with Gasteiger partial charge in [0, 0.05) is 28.6 Å². The predicted octanol–water partition coefficient (Wildman–Crippen LogP) is 5.45. The molecular formula is C30H28N4O5S2. The summed E-state index contributed by atoms with van der Waals surface area (Å²) < 4.78 is 29.5. The van der Waals surface area contributed by atoms with Crippen molar-refractivity contribution in [1.29, 1.82) is 5.41 Å². The number of primary sulfonamides is 1. The topological polar surface area (TPSA) is 155 Å². The van der Waals surface area contributed by atoms with Crippen LogP contribution in [0, 0.1) is 11.3 Å². The van der Waals surface area contributed by atoms with Crippen LogP contribution in [0.4, 0.5) is 5.13 Å². The van der Waals surface area contributed by atoms with E-state index < -0.39 is 16.0 Å². The molecule has 1 aromatic heterocycles. The minimum atomic E-state index is -3.84. The minimum absolute atomic E-state index is 0.00893. The second-order valence-electron chi connectivity index (χ2n) is 9.68. The number of aromatic carboxylic acids is 1. The van der Waals surface area contributed by atoms with Crippen molar-refractivity contribution in [3.8, 4) is 5.75 Å². The molecule has 0 atom stereocenters. The summed E-state index contributed by atoms with van der Waals surface area (Å²) in [7, 11) is -3.84. The van der Waals surface area contributed by atoms with Gasteiger partial charge in [-0.25, -0.2) is 23.3 Å². The van der Waals surface area contributed by atoms with Crippen LogP contribution in [0.5, 0.6) is 5.75 Å². The van der Waals surface area contributed by atoms with Crippen molar-refractivity contribution in [1.82, 2.24) is 4.98 Å². The third kappa shape index (κ3) is 7.26. The van der Waals surface area contributed by atoms with Crippen molar-refractivity contribution >= 4 is 38.2 Å². The molecule has 41 heavy (non-hydrogen) atoms. The van der Waals surface area contributed by atoms with Gasteiger partial charge < -0.3 is 15.2 Å². The Morgan fingerprint density at radius 3 is 2.41 bits per heavy atom. The number of allylic oxidation sites excluding steroid dienone is 2. The fourth-order valence-electron chi connectivity index (χ4n) is 4.32. The van der Waals surface area contributed by atoms with Gasteiger partial charge in [-0.1, -0.05) is 54.6 Å². The molecule has 11 heteroatoms. The van der Waals surface area contributed by atoms with Crippen molar-refractivity contribution in [3.05, 3.63) is 118 Å². The number of thiazole rings is 1. The number of nitrogens with zero attached hydrogens (tertiary/aromatic N) is 1. The Labute approximate surface area is 241 Å². The number of benzene rings is 3. The summed E-state index contributed by atoms with van der Waals surface area (Å²) in [6, 6.07) is 23.4. The number of nitrogens with one attached hydrogen (secondary N) is 2. The lowest BCUT2D eigenvalue weighted by Crippen LogP contribution is -2.16. The molecule has 0 spiro atoms. The molecule has 3 aromatic carbocycles. The number of ether oxygens (including phenoxy) is 1. The van der Waals surface area contributed by atoms with E-state index in [2.05, 4.69) is 10.3 Å². The van der Waals surface area contributed by atoms with Crippen LogP contribution < -0.4 is 15.2 Å². The maximum atomic E-state index is 11.8. The van der Waals surface area contributed by atoms with Crippen LogP contribution in [0.1, 0.15) is 40.0 Å². The van der Waals surface area contributed by atoms with E-state index in [0.717, 1.165) is 29.7 Å². The molecule has 0 bridgehead atoms. The summed E-state index contributed by atoms with van der Waals surface area (Å²) in [5.74, 6) is -0.329. The minimum Gasteiger partial charge on any atom is -0.489 e. The van der Waals surface area contributed by atoms with Crippen LogP contribution in [-0.2, 0) is 23.1 Å². The Morgan fingerprint density at radius 1 is 1.05 bits per heavy atom. The van der Waals surface area contributed by atoms with E-state index in [1.165, 1.54) is 28.8 Å². The zero-order valence-corrected chi connectivity index (χ0v) is 23.5. The lowest BCUT2D eigenvalue weighted by Gasteiger charge is -2.18. The highest BCUT2D eigenvalue weighted by molar-refractivity contribution is 7.89. The molecule has 1 heterocycles. The second-order valence-corrected chi connectivity index (χ2v) is 12.1. The fraction of sp³-hybridized carbons (Fsp3) is 0.167. The van der Waals surface area contributed by atoms with Crippen molar-refractivity contribution in [2.75, 3.05) is 5.32 Å². The van der Waals surface area contributed by atoms with Gasteiger partial charge in [0.05, 0.1) is 10.6 Å². The molecule has 0 radical (unpaired) electrons. The van der Waals surface area contributed by atoms with Gasteiger partial charge in [0.25, 0.3) is 0 Å². The monoisotopic (exact) mass is 588 g/mol. The van der Waals surface area contributed by atoms with E-state index in [1.54, 1.807) is 12.1 Å². The molecule has 5 N–H and O–H groups in total. The molecule has 210 valence electrons. The van der Waals surface area contributed by atoms with Gasteiger partial charge in [-0.3, -0.25) is 5.41 Å². The number of carboxylic acids is 1. The van der Waals surface area contributed by atoms with Gasteiger partial charge in [0.1, 0.15) is 12.4 Å². The van der Waals surface area contributed by atoms with Crippen LogP contribution in [0.25, 0.3) is 0 Å². The zero-order chi connectivity index (χ0) is 29.0. The molecule has 0 saturated heterocycles. The van der Waals surface area contributed by atoms with Crippen LogP contribution in [0.15, 0.2) is 100 Å². The summed E-state index contributed by atoms with van der Waals surface area (Å²) in [5, 5.41) is 29.1. The van der Waals surface area contributed by atoms with E-state index in [0.29, 0.717) is 35.0 Å². The van der Waals surface area contributed by atoms with E-state index in [4.69, 9.17) is 9.88 Å². The van der Waals surface area contributed by atoms with Crippen molar-refractivity contribution in [3.63, 3.8) is 0 Å². The molecule has 1 fully saturated rings. The molecule has 1 aliphatic carbocycles. The molecule has 4 aromatic rings. The number of aromatic nitrogens is 1. The van der Waals surface area contributed by atoms with Gasteiger partial charge in [0.15, 0.2) is 10.8 Å². The number of carbonyl (C=O) groups is 1. The SMILES string of the molecule is N=C(/C(Cc1ccc(S(N)(=O)=O)cc1)=C(\Nc1nc(C(=O)O)cs1)C1CC1)c1cccc(OCc2ccccc2)c1. The smallest absolute Gasteiger partial charge is 0.355 e. The first kappa shape index (κ1) is 28.2. The van der Waals surface area contributed by atoms with Gasteiger partial charge >= 0.3 is 5.97 Å². The molecule has 0 amide bonds. The molecule has 5 rings (SSSR count). The van der Waals surface area contributed by atoms with Gasteiger partial charge in [0.2, 0.25) is 10.0 Å². The molecule has 0 unspecified atom stereocenters. The zero-order valence-electron chi connectivity index (χ0n) is 21.9. The summed E-state index contributed by atoms with van der Waals surface area (Å²) >= 11 is 1.19. The number of anilines is 1. The Balaban J connectivity index is 1.49. The maximum Gasteiger partial charge on any atom is 0.355 e. The normalized spacial score (nSPS) is 13.8. The second kappa shape index (κ2) is 12.0. The fourth-order valence-corrected chi connectivity index (χ4v) is 5.53. The van der Waals surface area contributed by atoms with Gasteiger partial charge in [-0.2, -0.15) is 0 Å². The van der Waals surface area contributed by atoms with Crippen LogP contribution in [-0.4, -0.2) is 30.2 Å². The molecule has 9 nitrogen and oxygen atoms in total. The summed E-state index contributed by atoms with van der Waals surface area (Å²) in [6.45, 7) is 0.390. The van der Waals surface area contributed by atoms with Gasteiger partial charge in [-0.05, 0) is 54.2 Å². The van der Waals surface area contributed by atoms with Crippen LogP contribution >= 0.6 is 11.3 Å². The summed E-state index contributed by atoms with van der Waals surface area (Å²) in [4.78, 5) is 15.6. The summed E-state index contributed by atoms with van der Waals surface area (Å²) in [5.41, 5.74) is 4.19. The Bertz CT molecular complexity index is 1710. The third-order valence-electron chi connectivity index (χ3n) is 6.58. The molecule has 1 saturated carbocycles. The third-order valence-corrected chi connectivity index (χ3v) is 8.27. The van der Waals surface area contributed by atoms with Crippen LogP contribution in [0.2, 0.25) is 0 Å². The average Bonchev–Trinajstić information content (AvgIpc) is 3.70. The first-order chi connectivity index (χ1) is 19.7. The molecule has 1 aliphatic rings. The van der Waals surface area contributed by atoms with Gasteiger partial charge in [-0.15, -0.1) is 11.3 Å². The van der Waals surface area contributed by atoms with Crippen molar-refractivity contribution in [2.45, 2.75) is 30.8 Å². The van der Waals surface area contributed by atoms with E-state index in [9.17, 15) is 23.7 Å². The summed E-state index contributed by atoms with van der Waals surface area (Å²) in [6.07, 6.45) is 2.16. The molecule has 0 aliphatic heterocycles. The highest BCUT2D eigenvalue weighted by Gasteiger charge is 2.31. The largest absolute Gasteiger partial charge is 0.489 e. The van der Waals surface area contributed by atoms with E-state index in [-0.39, 0.29) is 22.2 Å². The Kier molecular flexibility index (Phi) is 8.29. The number of rotatable bonds is 12. The van der Waals surface area contributed by atoms with Crippen molar-refractivity contribution < 1.29 is 23.1 Å². The first-order valence-corrected chi connectivity index (χ1v) is 15.3. The lowest BCUT2D eigenvalue weighted by atomic mass is 9.93. The Morgan fingerprint density at radius 2 is 1.78 bits per heavy atom. The molecular weight excluding hydrogens is 560 g/mol. The predicted molar refractivity (Wildman–Crippen MR) is 158 cm³/mol. The number of carboxylic acid groups (broad SMARTS) is 1. The Hall–Kier alpha value is -4.32. The highest BCUT2D eigenvalue weighted by Crippen LogP contribution is 2.40. The first-order valence-electron chi connectivity index (χ1n) is 12.8. The average molecular weight is 589 g/mol. The quantitative estimate of drug-likeness (QED) is 0.160. The van der Waals surface area contributed by atoms with Crippen molar-refractivity contribution in [2.24, 2.45) is 11.1 Å². The number of nitrogens with two attached hydrogens (primary N) is 1. The maximum absolute atomic E-state index is 11.8. The standard InChI is InChI=1S/C30H28N4O5S2/c31-27(22-7-4-8-23(16-22)39-17-20-5-2-1-3-6-20)25(15-19-9-13-24(14-10-19)41(32,37)38)28(21-11-12-21)34-30-33-26(18-40-30)29(35)36/h1-10,13-14,16,18,21,31H,11-12,15,17H2,(H,33,34)(H,35,36)(H2,32,37,38)/b28-25-,31-27?. The lowest BCUT2D eigenvalue weighted by molar-refractivity contribution is 0.0691. The van der Waals surface area contributed by atoms with Crippen LogP contribution in [0.3, 0.4) is 0 Å². The highest BCUT2D eigenvalue weighted by atomic mass is 32.2.